The van der Waals surface area contributed by atoms with Crippen molar-refractivity contribution in [1.82, 2.24) is 10.4 Å². The Bertz CT molecular complexity index is 74.0. The van der Waals surface area contributed by atoms with Gasteiger partial charge in [-0.05, 0) is 12.8 Å². The zero-order valence-electron chi connectivity index (χ0n) is 8.14. The summed E-state index contributed by atoms with van der Waals surface area (Å²) >= 11 is 0. The summed E-state index contributed by atoms with van der Waals surface area (Å²) in [5.74, 6) is 0. The molecule has 0 heterocycles. The fraction of sp³-hybridized carbons (Fsp3) is 1.00. The summed E-state index contributed by atoms with van der Waals surface area (Å²) in [6.07, 6.45) is 3.66. The molecule has 0 spiro atoms. The zero-order valence-corrected chi connectivity index (χ0v) is 8.14. The lowest BCUT2D eigenvalue weighted by molar-refractivity contribution is 0.189. The van der Waals surface area contributed by atoms with Crippen molar-refractivity contribution in [3.05, 3.63) is 0 Å². The van der Waals surface area contributed by atoms with E-state index in [4.69, 9.17) is 0 Å². The Morgan fingerprint density at radius 3 is 2.27 bits per heavy atom. The van der Waals surface area contributed by atoms with Crippen LogP contribution in [0.5, 0.6) is 0 Å². The highest BCUT2D eigenvalue weighted by Crippen LogP contribution is 1.90. The highest BCUT2D eigenvalue weighted by molar-refractivity contribution is 4.47. The molecule has 0 aromatic heterocycles. The Hall–Kier alpha value is -0.0800. The minimum atomic E-state index is 1.00. The normalized spacial score (nSPS) is 10.9. The van der Waals surface area contributed by atoms with Gasteiger partial charge in [0.25, 0.3) is 0 Å². The van der Waals surface area contributed by atoms with Crippen LogP contribution in [0.4, 0.5) is 0 Å². The van der Waals surface area contributed by atoms with Gasteiger partial charge >= 0.3 is 0 Å². The Balaban J connectivity index is 3.20. The third-order valence-electron chi connectivity index (χ3n) is 1.66. The molecule has 67 valence electrons. The molecule has 0 atom stereocenters. The molecular weight excluding hydrogens is 136 g/mol. The molecule has 0 N–H and O–H groups in total. The van der Waals surface area contributed by atoms with E-state index in [0.29, 0.717) is 0 Å². The molecule has 0 amide bonds. The van der Waals surface area contributed by atoms with E-state index < -0.39 is 0 Å². The first-order valence-corrected chi connectivity index (χ1v) is 4.77. The van der Waals surface area contributed by atoms with Crippen molar-refractivity contribution in [2.75, 3.05) is 19.6 Å². The second kappa shape index (κ2) is 8.02. The molecule has 0 rings (SSSR count). The van der Waals surface area contributed by atoms with Crippen molar-refractivity contribution < 1.29 is 0 Å². The minimum absolute atomic E-state index is 1.00. The lowest BCUT2D eigenvalue weighted by atomic mass is 10.3. The standard InChI is InChI=1S/C9H21N2/c1-4-7-8-10-11(6-3)9-5-2/h4-9H2,1-3H3. The summed E-state index contributed by atoms with van der Waals surface area (Å²) in [4.78, 5) is 0. The maximum atomic E-state index is 4.46. The van der Waals surface area contributed by atoms with Crippen LogP contribution in [-0.4, -0.2) is 24.6 Å². The number of unbranched alkanes of at least 4 members (excludes halogenated alkanes) is 1. The van der Waals surface area contributed by atoms with E-state index in [-0.39, 0.29) is 0 Å². The molecule has 0 aromatic rings. The van der Waals surface area contributed by atoms with Gasteiger partial charge in [-0.1, -0.05) is 27.2 Å². The number of nitrogens with zero attached hydrogens (tertiary/aromatic N) is 2. The average Bonchev–Trinajstić information content (AvgIpc) is 2.03. The van der Waals surface area contributed by atoms with Crippen molar-refractivity contribution in [2.24, 2.45) is 0 Å². The van der Waals surface area contributed by atoms with Gasteiger partial charge in [-0.25, -0.2) is 5.01 Å². The van der Waals surface area contributed by atoms with Crippen molar-refractivity contribution in [3.8, 4) is 0 Å². The van der Waals surface area contributed by atoms with Gasteiger partial charge in [-0.3, -0.25) is 0 Å². The topological polar surface area (TPSA) is 17.3 Å². The Kier molecular flexibility index (Phi) is 7.96. The monoisotopic (exact) mass is 157 g/mol. The summed E-state index contributed by atoms with van der Waals surface area (Å²) in [5, 5.41) is 2.16. The molecule has 0 bridgehead atoms. The molecule has 0 saturated heterocycles. The molecule has 0 unspecified atom stereocenters. The van der Waals surface area contributed by atoms with Gasteiger partial charge in [0.1, 0.15) is 0 Å². The lowest BCUT2D eigenvalue weighted by Crippen LogP contribution is -2.32. The van der Waals surface area contributed by atoms with E-state index in [1.165, 1.54) is 19.3 Å². The maximum absolute atomic E-state index is 4.46. The molecule has 1 radical (unpaired) electrons. The number of hydrogen-bond donors (Lipinski definition) is 0. The highest BCUT2D eigenvalue weighted by atomic mass is 15.5. The molecule has 11 heavy (non-hydrogen) atoms. The molecule has 0 aliphatic heterocycles. The van der Waals surface area contributed by atoms with E-state index >= 15 is 0 Å². The van der Waals surface area contributed by atoms with Crippen LogP contribution in [-0.2, 0) is 0 Å². The second-order valence-electron chi connectivity index (χ2n) is 2.76. The van der Waals surface area contributed by atoms with Gasteiger partial charge in [-0.15, -0.1) is 0 Å². The molecule has 2 nitrogen and oxygen atoms in total. The van der Waals surface area contributed by atoms with Crippen LogP contribution in [0.25, 0.3) is 0 Å². The number of rotatable bonds is 7. The van der Waals surface area contributed by atoms with Gasteiger partial charge in [0, 0.05) is 19.6 Å². The number of hydrogen-bond acceptors (Lipinski definition) is 1. The van der Waals surface area contributed by atoms with Crippen molar-refractivity contribution in [3.63, 3.8) is 0 Å². The summed E-state index contributed by atoms with van der Waals surface area (Å²) in [7, 11) is 0. The smallest absolute Gasteiger partial charge is 0.0306 e. The minimum Gasteiger partial charge on any atom is -0.227 e. The molecule has 0 aliphatic rings. The molecule has 0 fully saturated rings. The van der Waals surface area contributed by atoms with E-state index in [9.17, 15) is 0 Å². The third kappa shape index (κ3) is 6.32. The SMILES string of the molecule is CCCC[N]N(CC)CCC. The van der Waals surface area contributed by atoms with Crippen LogP contribution in [0.3, 0.4) is 0 Å². The average molecular weight is 157 g/mol. The van der Waals surface area contributed by atoms with Crippen molar-refractivity contribution in [1.29, 1.82) is 0 Å². The van der Waals surface area contributed by atoms with Gasteiger partial charge in [-0.2, -0.15) is 5.43 Å². The van der Waals surface area contributed by atoms with E-state index in [2.05, 4.69) is 31.2 Å². The second-order valence-corrected chi connectivity index (χ2v) is 2.76. The van der Waals surface area contributed by atoms with Gasteiger partial charge in [0.2, 0.25) is 0 Å². The largest absolute Gasteiger partial charge is 0.227 e. The molecule has 0 aromatic carbocycles. The molecule has 0 aliphatic carbocycles. The fourth-order valence-electron chi connectivity index (χ4n) is 0.957. The van der Waals surface area contributed by atoms with Crippen molar-refractivity contribution >= 4 is 0 Å². The Morgan fingerprint density at radius 1 is 1.09 bits per heavy atom. The molecule has 2 heteroatoms. The van der Waals surface area contributed by atoms with Crippen LogP contribution >= 0.6 is 0 Å². The summed E-state index contributed by atoms with van der Waals surface area (Å²) in [5.41, 5.74) is 4.46. The quantitative estimate of drug-likeness (QED) is 0.408. The van der Waals surface area contributed by atoms with Crippen LogP contribution in [0, 0.1) is 0 Å². The van der Waals surface area contributed by atoms with Gasteiger partial charge in [0.05, 0.1) is 0 Å². The molecule has 0 saturated carbocycles. The zero-order chi connectivity index (χ0) is 8.53. The summed E-state index contributed by atoms with van der Waals surface area (Å²) < 4.78 is 0. The Morgan fingerprint density at radius 2 is 1.82 bits per heavy atom. The van der Waals surface area contributed by atoms with Crippen LogP contribution < -0.4 is 5.43 Å². The predicted molar refractivity (Wildman–Crippen MR) is 49.4 cm³/mol. The van der Waals surface area contributed by atoms with Crippen LogP contribution in [0.1, 0.15) is 40.0 Å². The first-order chi connectivity index (χ1) is 5.35. The summed E-state index contributed by atoms with van der Waals surface area (Å²) in [6.45, 7) is 9.72. The van der Waals surface area contributed by atoms with Gasteiger partial charge in [0.15, 0.2) is 0 Å². The van der Waals surface area contributed by atoms with Crippen molar-refractivity contribution in [2.45, 2.75) is 40.0 Å². The first kappa shape index (κ1) is 10.9. The van der Waals surface area contributed by atoms with Crippen LogP contribution in [0.2, 0.25) is 0 Å². The summed E-state index contributed by atoms with van der Waals surface area (Å²) in [6, 6.07) is 0. The maximum Gasteiger partial charge on any atom is 0.0306 e. The van der Waals surface area contributed by atoms with E-state index in [1.54, 1.807) is 0 Å². The fourth-order valence-corrected chi connectivity index (χ4v) is 0.957. The van der Waals surface area contributed by atoms with Gasteiger partial charge < -0.3 is 0 Å². The van der Waals surface area contributed by atoms with E-state index in [1.807, 2.05) is 0 Å². The molecular formula is C9H21N2. The predicted octanol–water partition coefficient (Wildman–Crippen LogP) is 2.04. The first-order valence-electron chi connectivity index (χ1n) is 4.77. The lowest BCUT2D eigenvalue weighted by Gasteiger charge is -2.17. The third-order valence-corrected chi connectivity index (χ3v) is 1.66. The van der Waals surface area contributed by atoms with E-state index in [0.717, 1.165) is 19.6 Å². The van der Waals surface area contributed by atoms with Crippen LogP contribution in [0.15, 0.2) is 0 Å². The highest BCUT2D eigenvalue weighted by Gasteiger charge is 1.98. The Labute approximate surface area is 70.9 Å².